The molecule has 0 rings (SSSR count). The summed E-state index contributed by atoms with van der Waals surface area (Å²) in [6.45, 7) is 5.86. The summed E-state index contributed by atoms with van der Waals surface area (Å²) in [5, 5.41) is 19.4. The molecule has 0 aromatic carbocycles. The number of rotatable bonds is 6. The van der Waals surface area contributed by atoms with E-state index < -0.39 is 12.2 Å². The molecule has 0 radical (unpaired) electrons. The molecule has 0 spiro atoms. The Labute approximate surface area is 87.3 Å². The fourth-order valence-corrected chi connectivity index (χ4v) is 1.60. The Balaban J connectivity index is 3.93. The third-order valence-electron chi connectivity index (χ3n) is 2.67. The van der Waals surface area contributed by atoms with Gasteiger partial charge in [-0.2, -0.15) is 0 Å². The Bertz CT molecular complexity index is 186. The highest BCUT2D eigenvalue weighted by Gasteiger charge is 2.22. The van der Waals surface area contributed by atoms with Gasteiger partial charge in [0.2, 0.25) is 0 Å². The van der Waals surface area contributed by atoms with Crippen LogP contribution in [0.2, 0.25) is 0 Å². The van der Waals surface area contributed by atoms with Crippen molar-refractivity contribution in [3.05, 3.63) is 0 Å². The van der Waals surface area contributed by atoms with Crippen LogP contribution in [0.15, 0.2) is 0 Å². The van der Waals surface area contributed by atoms with Crippen molar-refractivity contribution in [2.75, 3.05) is 0 Å². The first kappa shape index (κ1) is 13.5. The van der Waals surface area contributed by atoms with Gasteiger partial charge in [-0.25, -0.2) is 0 Å². The maximum Gasteiger partial charge on any atom is 0.0827 e. The van der Waals surface area contributed by atoms with Crippen LogP contribution in [-0.2, 0) is 0 Å². The van der Waals surface area contributed by atoms with Crippen LogP contribution in [0.25, 0.3) is 0 Å². The molecule has 0 bridgehead atoms. The zero-order chi connectivity index (χ0) is 11.0. The standard InChI is InChI=1S/C12H22O2/c1-4-7-8-9-11(13)12(14)10(5-2)6-3/h10-14H,5-6,8-9H2,1-3H3. The molecule has 0 heterocycles. The summed E-state index contributed by atoms with van der Waals surface area (Å²) in [5.41, 5.74) is 0. The predicted molar refractivity (Wildman–Crippen MR) is 58.8 cm³/mol. The molecule has 0 aliphatic heterocycles. The third-order valence-corrected chi connectivity index (χ3v) is 2.67. The molecular weight excluding hydrogens is 176 g/mol. The first-order valence-corrected chi connectivity index (χ1v) is 5.43. The van der Waals surface area contributed by atoms with Crippen LogP contribution in [0, 0.1) is 17.8 Å². The van der Waals surface area contributed by atoms with Gasteiger partial charge in [0, 0.05) is 6.42 Å². The highest BCUT2D eigenvalue weighted by Crippen LogP contribution is 2.18. The van der Waals surface area contributed by atoms with Crippen LogP contribution in [-0.4, -0.2) is 22.4 Å². The minimum Gasteiger partial charge on any atom is -0.390 e. The van der Waals surface area contributed by atoms with Gasteiger partial charge in [0.25, 0.3) is 0 Å². The molecule has 0 aliphatic rings. The molecule has 2 atom stereocenters. The molecule has 0 aliphatic carbocycles. The molecular formula is C12H22O2. The average molecular weight is 198 g/mol. The zero-order valence-corrected chi connectivity index (χ0v) is 9.45. The fourth-order valence-electron chi connectivity index (χ4n) is 1.60. The number of hydrogen-bond acceptors (Lipinski definition) is 2. The van der Waals surface area contributed by atoms with Crippen LogP contribution in [0.4, 0.5) is 0 Å². The zero-order valence-electron chi connectivity index (χ0n) is 9.45. The Morgan fingerprint density at radius 3 is 2.14 bits per heavy atom. The Morgan fingerprint density at radius 2 is 1.71 bits per heavy atom. The highest BCUT2D eigenvalue weighted by molar-refractivity contribution is 4.95. The van der Waals surface area contributed by atoms with Crippen LogP contribution in [0.3, 0.4) is 0 Å². The van der Waals surface area contributed by atoms with Gasteiger partial charge >= 0.3 is 0 Å². The molecule has 2 N–H and O–H groups in total. The molecule has 0 amide bonds. The minimum atomic E-state index is -0.624. The molecule has 0 fully saturated rings. The molecule has 0 aromatic heterocycles. The van der Waals surface area contributed by atoms with Gasteiger partial charge < -0.3 is 10.2 Å². The molecule has 14 heavy (non-hydrogen) atoms. The Kier molecular flexibility index (Phi) is 7.55. The summed E-state index contributed by atoms with van der Waals surface area (Å²) in [5.74, 6) is 5.87. The summed E-state index contributed by atoms with van der Waals surface area (Å²) in [6.07, 6.45) is 1.83. The first-order chi connectivity index (χ1) is 6.67. The summed E-state index contributed by atoms with van der Waals surface area (Å²) in [6, 6.07) is 0. The summed E-state index contributed by atoms with van der Waals surface area (Å²) < 4.78 is 0. The van der Waals surface area contributed by atoms with E-state index in [1.807, 2.05) is 13.8 Å². The van der Waals surface area contributed by atoms with E-state index in [2.05, 4.69) is 11.8 Å². The van der Waals surface area contributed by atoms with Gasteiger partial charge in [-0.05, 0) is 19.3 Å². The van der Waals surface area contributed by atoms with E-state index in [-0.39, 0.29) is 5.92 Å². The van der Waals surface area contributed by atoms with E-state index in [9.17, 15) is 10.2 Å². The van der Waals surface area contributed by atoms with Crippen LogP contribution >= 0.6 is 0 Å². The van der Waals surface area contributed by atoms with Crippen molar-refractivity contribution in [1.82, 2.24) is 0 Å². The summed E-state index contributed by atoms with van der Waals surface area (Å²) >= 11 is 0. The maximum absolute atomic E-state index is 9.78. The molecule has 0 saturated heterocycles. The quantitative estimate of drug-likeness (QED) is 0.640. The lowest BCUT2D eigenvalue weighted by molar-refractivity contribution is -0.0224. The van der Waals surface area contributed by atoms with Crippen molar-refractivity contribution in [2.24, 2.45) is 5.92 Å². The van der Waals surface area contributed by atoms with Crippen molar-refractivity contribution in [2.45, 2.75) is 58.7 Å². The van der Waals surface area contributed by atoms with E-state index in [1.54, 1.807) is 6.92 Å². The van der Waals surface area contributed by atoms with Crippen molar-refractivity contribution in [3.63, 3.8) is 0 Å². The lowest BCUT2D eigenvalue weighted by Crippen LogP contribution is -2.32. The van der Waals surface area contributed by atoms with Crippen molar-refractivity contribution in [3.8, 4) is 11.8 Å². The molecule has 2 unspecified atom stereocenters. The van der Waals surface area contributed by atoms with Gasteiger partial charge in [0.1, 0.15) is 0 Å². The lowest BCUT2D eigenvalue weighted by atomic mass is 9.91. The predicted octanol–water partition coefficient (Wildman–Crippen LogP) is 1.95. The number of aliphatic hydroxyl groups is 2. The van der Waals surface area contributed by atoms with Crippen molar-refractivity contribution < 1.29 is 10.2 Å². The third kappa shape index (κ3) is 4.64. The second kappa shape index (κ2) is 7.84. The average Bonchev–Trinajstić information content (AvgIpc) is 2.19. The van der Waals surface area contributed by atoms with Crippen LogP contribution in [0.1, 0.15) is 46.5 Å². The monoisotopic (exact) mass is 198 g/mol. The summed E-state index contributed by atoms with van der Waals surface area (Å²) in [7, 11) is 0. The van der Waals surface area contributed by atoms with Gasteiger partial charge in [0.15, 0.2) is 0 Å². The number of aliphatic hydroxyl groups excluding tert-OH is 2. The van der Waals surface area contributed by atoms with Gasteiger partial charge in [-0.1, -0.05) is 26.7 Å². The topological polar surface area (TPSA) is 40.5 Å². The SMILES string of the molecule is CC#CCCC(O)C(O)C(CC)CC. The smallest absolute Gasteiger partial charge is 0.0827 e. The van der Waals surface area contributed by atoms with Crippen molar-refractivity contribution >= 4 is 0 Å². The van der Waals surface area contributed by atoms with E-state index in [0.29, 0.717) is 12.8 Å². The van der Waals surface area contributed by atoms with Crippen LogP contribution in [0.5, 0.6) is 0 Å². The normalized spacial score (nSPS) is 14.7. The molecule has 0 saturated carbocycles. The lowest BCUT2D eigenvalue weighted by Gasteiger charge is -2.24. The molecule has 82 valence electrons. The molecule has 2 heteroatoms. The Hall–Kier alpha value is -0.520. The van der Waals surface area contributed by atoms with Gasteiger partial charge in [-0.3, -0.25) is 0 Å². The second-order valence-electron chi connectivity index (χ2n) is 3.60. The van der Waals surface area contributed by atoms with Gasteiger partial charge in [0.05, 0.1) is 12.2 Å². The maximum atomic E-state index is 9.78. The van der Waals surface area contributed by atoms with Crippen LogP contribution < -0.4 is 0 Å². The number of hydrogen-bond donors (Lipinski definition) is 2. The minimum absolute atomic E-state index is 0.208. The largest absolute Gasteiger partial charge is 0.390 e. The summed E-state index contributed by atoms with van der Waals surface area (Å²) in [4.78, 5) is 0. The Morgan fingerprint density at radius 1 is 1.14 bits per heavy atom. The van der Waals surface area contributed by atoms with Crippen molar-refractivity contribution in [1.29, 1.82) is 0 Å². The van der Waals surface area contributed by atoms with E-state index in [0.717, 1.165) is 12.8 Å². The van der Waals surface area contributed by atoms with Gasteiger partial charge in [-0.15, -0.1) is 11.8 Å². The molecule has 2 nitrogen and oxygen atoms in total. The molecule has 0 aromatic rings. The van der Waals surface area contributed by atoms with E-state index in [1.165, 1.54) is 0 Å². The van der Waals surface area contributed by atoms with E-state index in [4.69, 9.17) is 0 Å². The second-order valence-corrected chi connectivity index (χ2v) is 3.60. The first-order valence-electron chi connectivity index (χ1n) is 5.43. The van der Waals surface area contributed by atoms with E-state index >= 15 is 0 Å². The highest BCUT2D eigenvalue weighted by atomic mass is 16.3. The fraction of sp³-hybridized carbons (Fsp3) is 0.833.